The number of carbonyl (C=O) groups excluding carboxylic acids is 1. The Hall–Kier alpha value is -1.02. The van der Waals surface area contributed by atoms with Crippen molar-refractivity contribution >= 4 is 17.4 Å². The van der Waals surface area contributed by atoms with Gasteiger partial charge in [-0.3, -0.25) is 4.79 Å². The van der Waals surface area contributed by atoms with E-state index in [-0.39, 0.29) is 11.5 Å². The van der Waals surface area contributed by atoms with Crippen LogP contribution in [-0.4, -0.2) is 11.9 Å². The van der Waals surface area contributed by atoms with Gasteiger partial charge in [0, 0.05) is 11.4 Å². The summed E-state index contributed by atoms with van der Waals surface area (Å²) >= 11 is 6.13. The number of rotatable bonds is 3. The minimum absolute atomic E-state index is 0.00465. The Morgan fingerprint density at radius 3 is 2.39 bits per heavy atom. The second-order valence-electron chi connectivity index (χ2n) is 5.38. The van der Waals surface area contributed by atoms with Crippen LogP contribution in [0.4, 0.5) is 0 Å². The first kappa shape index (κ1) is 13.4. The highest BCUT2D eigenvalue weighted by Crippen LogP contribution is 2.43. The monoisotopic (exact) mass is 266 g/mol. The SMILES string of the molecule is CCC1(C)C(=O)CC1Oc1cc(C)c(Cl)c(C)c1. The van der Waals surface area contributed by atoms with Crippen LogP contribution in [-0.2, 0) is 4.79 Å². The van der Waals surface area contributed by atoms with Gasteiger partial charge >= 0.3 is 0 Å². The zero-order valence-electron chi connectivity index (χ0n) is 11.3. The van der Waals surface area contributed by atoms with Crippen molar-refractivity contribution in [3.63, 3.8) is 0 Å². The molecule has 2 nitrogen and oxygen atoms in total. The fourth-order valence-electron chi connectivity index (χ4n) is 2.41. The zero-order valence-corrected chi connectivity index (χ0v) is 12.1. The quantitative estimate of drug-likeness (QED) is 0.824. The Kier molecular flexibility index (Phi) is 3.41. The van der Waals surface area contributed by atoms with Crippen molar-refractivity contribution in [3.05, 3.63) is 28.3 Å². The smallest absolute Gasteiger partial charge is 0.146 e. The molecule has 98 valence electrons. The summed E-state index contributed by atoms with van der Waals surface area (Å²) in [6.07, 6.45) is 1.34. The molecule has 0 radical (unpaired) electrons. The largest absolute Gasteiger partial charge is 0.489 e. The third kappa shape index (κ3) is 2.03. The fourth-order valence-corrected chi connectivity index (χ4v) is 2.52. The third-order valence-electron chi connectivity index (χ3n) is 4.14. The first-order chi connectivity index (χ1) is 8.38. The summed E-state index contributed by atoms with van der Waals surface area (Å²) in [7, 11) is 0. The van der Waals surface area contributed by atoms with Crippen LogP contribution in [0.25, 0.3) is 0 Å². The van der Waals surface area contributed by atoms with Crippen molar-refractivity contribution in [1.29, 1.82) is 0 Å². The minimum Gasteiger partial charge on any atom is -0.489 e. The maximum atomic E-state index is 11.7. The van der Waals surface area contributed by atoms with E-state index in [0.29, 0.717) is 12.2 Å². The molecule has 0 saturated heterocycles. The standard InChI is InChI=1S/C15H19ClO2/c1-5-15(4)12(17)8-13(15)18-11-6-9(2)14(16)10(3)7-11/h6-7,13H,5,8H2,1-4H3. The average molecular weight is 267 g/mol. The van der Waals surface area contributed by atoms with Crippen molar-refractivity contribution in [2.75, 3.05) is 0 Å². The number of ketones is 1. The lowest BCUT2D eigenvalue weighted by atomic mass is 9.64. The molecule has 0 bridgehead atoms. The molecule has 3 heteroatoms. The number of Topliss-reactive ketones (excluding diaryl/α,β-unsaturated/α-hetero) is 1. The topological polar surface area (TPSA) is 26.3 Å². The molecular weight excluding hydrogens is 248 g/mol. The van der Waals surface area contributed by atoms with Gasteiger partial charge in [0.05, 0.1) is 5.41 Å². The van der Waals surface area contributed by atoms with Gasteiger partial charge in [0.2, 0.25) is 0 Å². The van der Waals surface area contributed by atoms with Crippen LogP contribution in [0, 0.1) is 19.3 Å². The molecule has 1 aromatic rings. The van der Waals surface area contributed by atoms with E-state index in [0.717, 1.165) is 28.3 Å². The van der Waals surface area contributed by atoms with E-state index in [2.05, 4.69) is 0 Å². The van der Waals surface area contributed by atoms with Gasteiger partial charge in [-0.05, 0) is 50.5 Å². The lowest BCUT2D eigenvalue weighted by Crippen LogP contribution is -2.54. The van der Waals surface area contributed by atoms with Gasteiger partial charge in [0.25, 0.3) is 0 Å². The van der Waals surface area contributed by atoms with Crippen LogP contribution in [0.5, 0.6) is 5.75 Å². The lowest BCUT2D eigenvalue weighted by Gasteiger charge is -2.44. The molecule has 0 spiro atoms. The van der Waals surface area contributed by atoms with Crippen LogP contribution >= 0.6 is 11.6 Å². The Morgan fingerprint density at radius 1 is 1.39 bits per heavy atom. The highest BCUT2D eigenvalue weighted by atomic mass is 35.5. The highest BCUT2D eigenvalue weighted by molar-refractivity contribution is 6.32. The maximum Gasteiger partial charge on any atom is 0.146 e. The summed E-state index contributed by atoms with van der Waals surface area (Å²) in [5, 5.41) is 0.783. The Morgan fingerprint density at radius 2 is 1.94 bits per heavy atom. The van der Waals surface area contributed by atoms with Crippen molar-refractivity contribution in [2.24, 2.45) is 5.41 Å². The van der Waals surface area contributed by atoms with E-state index in [9.17, 15) is 4.79 Å². The fraction of sp³-hybridized carbons (Fsp3) is 0.533. The van der Waals surface area contributed by atoms with Crippen molar-refractivity contribution in [2.45, 2.75) is 46.6 Å². The van der Waals surface area contributed by atoms with Crippen LogP contribution in [0.3, 0.4) is 0 Å². The number of carbonyl (C=O) groups is 1. The number of benzene rings is 1. The van der Waals surface area contributed by atoms with E-state index in [1.165, 1.54) is 0 Å². The number of halogens is 1. The maximum absolute atomic E-state index is 11.7. The van der Waals surface area contributed by atoms with Gasteiger partial charge in [-0.25, -0.2) is 0 Å². The number of hydrogen-bond donors (Lipinski definition) is 0. The summed E-state index contributed by atoms with van der Waals surface area (Å²) in [5.74, 6) is 1.11. The normalized spacial score (nSPS) is 26.9. The minimum atomic E-state index is -0.318. The zero-order chi connectivity index (χ0) is 13.5. The van der Waals surface area contributed by atoms with Gasteiger partial charge in [-0.1, -0.05) is 18.5 Å². The van der Waals surface area contributed by atoms with Crippen LogP contribution in [0.15, 0.2) is 12.1 Å². The second kappa shape index (κ2) is 4.58. The molecule has 2 atom stereocenters. The van der Waals surface area contributed by atoms with E-state index < -0.39 is 0 Å². The van der Waals surface area contributed by atoms with Crippen molar-refractivity contribution in [1.82, 2.24) is 0 Å². The van der Waals surface area contributed by atoms with Crippen LogP contribution in [0.1, 0.15) is 37.8 Å². The number of aryl methyl sites for hydroxylation is 2. The highest BCUT2D eigenvalue weighted by Gasteiger charge is 2.51. The molecule has 0 aromatic heterocycles. The lowest BCUT2D eigenvalue weighted by molar-refractivity contribution is -0.150. The molecule has 1 aliphatic rings. The summed E-state index contributed by atoms with van der Waals surface area (Å²) in [6.45, 7) is 7.95. The Balaban J connectivity index is 2.19. The predicted octanol–water partition coefficient (Wildman–Crippen LogP) is 4.09. The summed E-state index contributed by atoms with van der Waals surface area (Å²) < 4.78 is 5.96. The molecule has 2 unspecified atom stereocenters. The van der Waals surface area contributed by atoms with Gasteiger partial charge in [0.1, 0.15) is 17.6 Å². The first-order valence-electron chi connectivity index (χ1n) is 6.35. The van der Waals surface area contributed by atoms with E-state index in [1.807, 2.05) is 39.8 Å². The van der Waals surface area contributed by atoms with E-state index >= 15 is 0 Å². The molecule has 1 aromatic carbocycles. The Labute approximate surface area is 113 Å². The van der Waals surface area contributed by atoms with Gasteiger partial charge in [0.15, 0.2) is 0 Å². The molecule has 1 aliphatic carbocycles. The van der Waals surface area contributed by atoms with Gasteiger partial charge in [-0.15, -0.1) is 0 Å². The molecular formula is C15H19ClO2. The predicted molar refractivity (Wildman–Crippen MR) is 73.4 cm³/mol. The molecule has 0 aliphatic heterocycles. The molecule has 1 saturated carbocycles. The van der Waals surface area contributed by atoms with Crippen LogP contribution < -0.4 is 4.74 Å². The van der Waals surface area contributed by atoms with Crippen LogP contribution in [0.2, 0.25) is 5.02 Å². The third-order valence-corrected chi connectivity index (χ3v) is 4.74. The summed E-state index contributed by atoms with van der Waals surface area (Å²) in [6, 6.07) is 3.88. The van der Waals surface area contributed by atoms with Gasteiger partial charge < -0.3 is 4.74 Å². The summed E-state index contributed by atoms with van der Waals surface area (Å²) in [4.78, 5) is 11.7. The van der Waals surface area contributed by atoms with Crippen molar-refractivity contribution in [3.8, 4) is 5.75 Å². The molecule has 0 amide bonds. The second-order valence-corrected chi connectivity index (χ2v) is 5.75. The molecule has 18 heavy (non-hydrogen) atoms. The first-order valence-corrected chi connectivity index (χ1v) is 6.73. The molecule has 2 rings (SSSR count). The molecule has 1 fully saturated rings. The van der Waals surface area contributed by atoms with Gasteiger partial charge in [-0.2, -0.15) is 0 Å². The molecule has 0 heterocycles. The number of ether oxygens (including phenoxy) is 1. The molecule has 0 N–H and O–H groups in total. The average Bonchev–Trinajstić information content (AvgIpc) is 2.34. The van der Waals surface area contributed by atoms with E-state index in [1.54, 1.807) is 0 Å². The Bertz CT molecular complexity index is 472. The van der Waals surface area contributed by atoms with Crippen molar-refractivity contribution < 1.29 is 9.53 Å². The summed E-state index contributed by atoms with van der Waals surface area (Å²) in [5.41, 5.74) is 1.70. The van der Waals surface area contributed by atoms with E-state index in [4.69, 9.17) is 16.3 Å². The number of hydrogen-bond acceptors (Lipinski definition) is 2.